The lowest BCUT2D eigenvalue weighted by Gasteiger charge is -2.24. The zero-order valence-electron chi connectivity index (χ0n) is 20.0. The minimum atomic E-state index is -4.00. The van der Waals surface area contributed by atoms with E-state index in [9.17, 15) is 13.2 Å². The van der Waals surface area contributed by atoms with Crippen molar-refractivity contribution in [3.05, 3.63) is 87.9 Å². The van der Waals surface area contributed by atoms with Gasteiger partial charge in [-0.15, -0.1) is 0 Å². The summed E-state index contributed by atoms with van der Waals surface area (Å²) in [5, 5.41) is 3.99. The number of anilines is 1. The Morgan fingerprint density at radius 3 is 2.34 bits per heavy atom. The SMILES string of the molecule is COc1ccc(Br)cc1/C=N\NC(=O)CN(c1ccc(C(C)C)cc1)S(=O)(=O)c1ccc(C)cc1. The van der Waals surface area contributed by atoms with E-state index in [-0.39, 0.29) is 4.90 Å². The Morgan fingerprint density at radius 2 is 1.74 bits per heavy atom. The maximum Gasteiger partial charge on any atom is 0.264 e. The molecule has 0 saturated carbocycles. The van der Waals surface area contributed by atoms with Gasteiger partial charge in [0.15, 0.2) is 0 Å². The average molecular weight is 558 g/mol. The maximum atomic E-state index is 13.5. The number of halogens is 1. The van der Waals surface area contributed by atoms with Crippen molar-refractivity contribution in [2.45, 2.75) is 31.6 Å². The van der Waals surface area contributed by atoms with E-state index < -0.39 is 22.5 Å². The van der Waals surface area contributed by atoms with Gasteiger partial charge in [0.2, 0.25) is 0 Å². The number of rotatable bonds is 9. The Balaban J connectivity index is 1.87. The number of nitrogens with zero attached hydrogens (tertiary/aromatic N) is 2. The molecule has 184 valence electrons. The first-order valence-electron chi connectivity index (χ1n) is 11.0. The highest BCUT2D eigenvalue weighted by Crippen LogP contribution is 2.26. The molecule has 0 saturated heterocycles. The molecule has 0 radical (unpaired) electrons. The average Bonchev–Trinajstić information content (AvgIpc) is 2.83. The van der Waals surface area contributed by atoms with E-state index in [4.69, 9.17) is 4.74 Å². The van der Waals surface area contributed by atoms with Gasteiger partial charge in [0, 0.05) is 10.0 Å². The first-order valence-corrected chi connectivity index (χ1v) is 13.2. The second kappa shape index (κ2) is 11.5. The maximum absolute atomic E-state index is 13.5. The van der Waals surface area contributed by atoms with Gasteiger partial charge in [0.05, 0.1) is 23.9 Å². The lowest BCUT2D eigenvalue weighted by molar-refractivity contribution is -0.119. The van der Waals surface area contributed by atoms with Crippen molar-refractivity contribution < 1.29 is 17.9 Å². The summed E-state index contributed by atoms with van der Waals surface area (Å²) in [6, 6.07) is 19.1. The molecule has 7 nitrogen and oxygen atoms in total. The van der Waals surface area contributed by atoms with E-state index in [1.54, 1.807) is 36.4 Å². The number of carbonyl (C=O) groups excluding carboxylic acids is 1. The predicted octanol–water partition coefficient (Wildman–Crippen LogP) is 5.24. The van der Waals surface area contributed by atoms with Crippen molar-refractivity contribution >= 4 is 43.8 Å². The normalized spacial score (nSPS) is 11.6. The van der Waals surface area contributed by atoms with Crippen molar-refractivity contribution in [3.63, 3.8) is 0 Å². The molecule has 0 fully saturated rings. The minimum absolute atomic E-state index is 0.103. The molecule has 0 spiro atoms. The van der Waals surface area contributed by atoms with Crippen molar-refractivity contribution in [2.24, 2.45) is 5.10 Å². The number of benzene rings is 3. The Bertz CT molecular complexity index is 1310. The molecule has 0 unspecified atom stereocenters. The first kappa shape index (κ1) is 26.4. The second-order valence-corrected chi connectivity index (χ2v) is 11.0. The van der Waals surface area contributed by atoms with Gasteiger partial charge in [-0.2, -0.15) is 5.10 Å². The molecule has 1 amide bonds. The summed E-state index contributed by atoms with van der Waals surface area (Å²) in [5.74, 6) is 0.290. The van der Waals surface area contributed by atoms with Gasteiger partial charge in [0.1, 0.15) is 12.3 Å². The summed E-state index contributed by atoms with van der Waals surface area (Å²) < 4.78 is 34.2. The molecule has 0 heterocycles. The second-order valence-electron chi connectivity index (χ2n) is 8.25. The molecular formula is C26H28BrN3O4S. The fourth-order valence-electron chi connectivity index (χ4n) is 3.32. The molecule has 0 aliphatic heterocycles. The largest absolute Gasteiger partial charge is 0.496 e. The summed E-state index contributed by atoms with van der Waals surface area (Å²) in [7, 11) is -2.46. The van der Waals surface area contributed by atoms with Crippen LogP contribution in [0.25, 0.3) is 0 Å². The third-order valence-corrected chi connectivity index (χ3v) is 7.61. The summed E-state index contributed by atoms with van der Waals surface area (Å²) >= 11 is 3.39. The topological polar surface area (TPSA) is 88.1 Å². The van der Waals surface area contributed by atoms with Gasteiger partial charge in [0.25, 0.3) is 15.9 Å². The fraction of sp³-hybridized carbons (Fsp3) is 0.231. The lowest BCUT2D eigenvalue weighted by Crippen LogP contribution is -2.39. The van der Waals surface area contributed by atoms with Crippen LogP contribution in [0.1, 0.15) is 36.5 Å². The molecule has 9 heteroatoms. The molecule has 0 aliphatic carbocycles. The lowest BCUT2D eigenvalue weighted by atomic mass is 10.0. The zero-order valence-corrected chi connectivity index (χ0v) is 22.4. The molecule has 35 heavy (non-hydrogen) atoms. The van der Waals surface area contributed by atoms with Crippen LogP contribution in [0, 0.1) is 6.92 Å². The smallest absolute Gasteiger partial charge is 0.264 e. The van der Waals surface area contributed by atoms with Crippen LogP contribution in [-0.4, -0.2) is 34.2 Å². The summed E-state index contributed by atoms with van der Waals surface area (Å²) in [6.45, 7) is 5.55. The van der Waals surface area contributed by atoms with Crippen LogP contribution in [0.2, 0.25) is 0 Å². The predicted molar refractivity (Wildman–Crippen MR) is 143 cm³/mol. The molecule has 3 rings (SSSR count). The van der Waals surface area contributed by atoms with E-state index in [1.807, 2.05) is 25.1 Å². The van der Waals surface area contributed by atoms with E-state index in [0.717, 1.165) is 19.9 Å². The number of hydrazone groups is 1. The third kappa shape index (κ3) is 6.70. The molecular weight excluding hydrogens is 530 g/mol. The number of amides is 1. The van der Waals surface area contributed by atoms with Crippen LogP contribution >= 0.6 is 15.9 Å². The van der Waals surface area contributed by atoms with Crippen molar-refractivity contribution in [1.82, 2.24) is 5.43 Å². The highest BCUT2D eigenvalue weighted by molar-refractivity contribution is 9.10. The molecule has 1 N–H and O–H groups in total. The van der Waals surface area contributed by atoms with Crippen LogP contribution in [0.15, 0.2) is 81.2 Å². The third-order valence-electron chi connectivity index (χ3n) is 5.33. The number of hydrogen-bond donors (Lipinski definition) is 1. The number of ether oxygens (including phenoxy) is 1. The Hall–Kier alpha value is -3.17. The summed E-state index contributed by atoms with van der Waals surface area (Å²) in [4.78, 5) is 12.9. The van der Waals surface area contributed by atoms with Gasteiger partial charge >= 0.3 is 0 Å². The molecule has 0 atom stereocenters. The number of sulfonamides is 1. The highest BCUT2D eigenvalue weighted by atomic mass is 79.9. The Labute approximate surface area is 215 Å². The molecule has 0 bridgehead atoms. The highest BCUT2D eigenvalue weighted by Gasteiger charge is 2.27. The van der Waals surface area contributed by atoms with Gasteiger partial charge in [-0.25, -0.2) is 13.8 Å². The minimum Gasteiger partial charge on any atom is -0.496 e. The molecule has 3 aromatic carbocycles. The molecule has 3 aromatic rings. The van der Waals surface area contributed by atoms with E-state index in [2.05, 4.69) is 40.3 Å². The van der Waals surface area contributed by atoms with Crippen molar-refractivity contribution in [1.29, 1.82) is 0 Å². The zero-order chi connectivity index (χ0) is 25.6. The van der Waals surface area contributed by atoms with Crippen LogP contribution < -0.4 is 14.5 Å². The monoisotopic (exact) mass is 557 g/mol. The van der Waals surface area contributed by atoms with Gasteiger partial charge in [-0.3, -0.25) is 9.10 Å². The van der Waals surface area contributed by atoms with Gasteiger partial charge < -0.3 is 4.74 Å². The molecule has 0 aliphatic rings. The van der Waals surface area contributed by atoms with Crippen LogP contribution in [0.4, 0.5) is 5.69 Å². The van der Waals surface area contributed by atoms with Gasteiger partial charge in [-0.1, -0.05) is 59.6 Å². The molecule has 0 aromatic heterocycles. The first-order chi connectivity index (χ1) is 16.6. The number of nitrogens with one attached hydrogen (secondary N) is 1. The number of carbonyl (C=O) groups is 1. The number of methoxy groups -OCH3 is 1. The Kier molecular flexibility index (Phi) is 8.69. The summed E-state index contributed by atoms with van der Waals surface area (Å²) in [5.41, 5.74) is 5.46. The van der Waals surface area contributed by atoms with Gasteiger partial charge in [-0.05, 0) is 60.9 Å². The van der Waals surface area contributed by atoms with Crippen molar-refractivity contribution in [2.75, 3.05) is 18.0 Å². The van der Waals surface area contributed by atoms with E-state index in [0.29, 0.717) is 22.9 Å². The van der Waals surface area contributed by atoms with Crippen LogP contribution in [0.3, 0.4) is 0 Å². The Morgan fingerprint density at radius 1 is 1.09 bits per heavy atom. The number of hydrogen-bond acceptors (Lipinski definition) is 5. The standard InChI is InChI=1S/C26H28BrN3O4S/c1-18(2)20-7-10-23(11-8-20)30(35(32,33)24-12-5-19(3)6-13-24)17-26(31)29-28-16-21-15-22(27)9-14-25(21)34-4/h5-16,18H,17H2,1-4H3,(H,29,31)/b28-16-. The van der Waals surface area contributed by atoms with Crippen molar-refractivity contribution in [3.8, 4) is 5.75 Å². The quantitative estimate of drug-likeness (QED) is 0.288. The van der Waals surface area contributed by atoms with E-state index in [1.165, 1.54) is 25.5 Å². The summed E-state index contributed by atoms with van der Waals surface area (Å²) in [6.07, 6.45) is 1.44. The van der Waals surface area contributed by atoms with Crippen LogP contribution in [-0.2, 0) is 14.8 Å². The fourth-order valence-corrected chi connectivity index (χ4v) is 5.12. The van der Waals surface area contributed by atoms with Crippen LogP contribution in [0.5, 0.6) is 5.75 Å². The van der Waals surface area contributed by atoms with E-state index >= 15 is 0 Å². The number of aryl methyl sites for hydroxylation is 1.